The molecule has 2 rings (SSSR count). The number of nitrogens with two attached hydrogens (primary N) is 1. The number of nitrogens with zero attached hydrogens (tertiary/aromatic N) is 1. The molecule has 0 aromatic carbocycles. The van der Waals surface area contributed by atoms with Crippen LogP contribution in [0, 0.1) is 0 Å². The van der Waals surface area contributed by atoms with Crippen molar-refractivity contribution in [2.24, 2.45) is 5.73 Å². The Hall–Kier alpha value is -1.28. The van der Waals surface area contributed by atoms with Crippen molar-refractivity contribution in [3.63, 3.8) is 0 Å². The van der Waals surface area contributed by atoms with Gasteiger partial charge in [-0.3, -0.25) is 9.59 Å². The second-order valence-electron chi connectivity index (χ2n) is 6.27. The number of rotatable bonds is 3. The van der Waals surface area contributed by atoms with Crippen LogP contribution < -0.4 is 11.1 Å². The number of nitrogens with one attached hydrogen (secondary N) is 1. The van der Waals surface area contributed by atoms with Crippen molar-refractivity contribution in [3.8, 4) is 0 Å². The fourth-order valence-corrected chi connectivity index (χ4v) is 4.10. The molecule has 0 bridgehead atoms. The van der Waals surface area contributed by atoms with E-state index in [-0.39, 0.29) is 11.3 Å². The highest BCUT2D eigenvalue weighted by Crippen LogP contribution is 2.50. The topological polar surface area (TPSA) is 113 Å². The lowest BCUT2D eigenvalue weighted by molar-refractivity contribution is -0.161. The monoisotopic (exact) mass is 301 g/mol. The van der Waals surface area contributed by atoms with Crippen molar-refractivity contribution in [1.29, 1.82) is 0 Å². The quantitative estimate of drug-likeness (QED) is 0.597. The Morgan fingerprint density at radius 2 is 2.00 bits per heavy atom. The molecule has 4 N–H and O–H groups in total. The van der Waals surface area contributed by atoms with Crippen LogP contribution >= 0.6 is 11.8 Å². The molecule has 2 heterocycles. The van der Waals surface area contributed by atoms with Crippen LogP contribution in [-0.2, 0) is 14.4 Å². The van der Waals surface area contributed by atoms with Gasteiger partial charge in [-0.25, -0.2) is 4.79 Å². The molecule has 0 saturated carbocycles. The molecule has 2 aliphatic heterocycles. The number of amides is 2. The van der Waals surface area contributed by atoms with Crippen molar-refractivity contribution >= 4 is 29.5 Å². The highest BCUT2D eigenvalue weighted by atomic mass is 32.2. The molecule has 0 aromatic heterocycles. The van der Waals surface area contributed by atoms with Crippen LogP contribution in [0.5, 0.6) is 0 Å². The zero-order valence-corrected chi connectivity index (χ0v) is 12.7. The van der Waals surface area contributed by atoms with Crippen LogP contribution in [0.2, 0.25) is 0 Å². The summed E-state index contributed by atoms with van der Waals surface area (Å²) >= 11 is 1.39. The molecule has 112 valence electrons. The number of carboxylic acids is 1. The average molecular weight is 301 g/mol. The van der Waals surface area contributed by atoms with E-state index in [0.717, 1.165) is 0 Å². The Balaban J connectivity index is 2.15. The first-order valence-electron chi connectivity index (χ1n) is 6.29. The van der Waals surface area contributed by atoms with Crippen LogP contribution in [0.4, 0.5) is 0 Å². The summed E-state index contributed by atoms with van der Waals surface area (Å²) in [7, 11) is 0. The fourth-order valence-electron chi connectivity index (χ4n) is 2.47. The summed E-state index contributed by atoms with van der Waals surface area (Å²) in [6.07, 6.45) is 0. The minimum absolute atomic E-state index is 0.343. The summed E-state index contributed by atoms with van der Waals surface area (Å²) in [5.74, 6) is -1.81. The number of carbonyl (C=O) groups is 3. The largest absolute Gasteiger partial charge is 0.480 e. The number of aliphatic carboxylic acids is 1. The number of carboxylic acid groups (broad SMARTS) is 1. The molecule has 0 aliphatic carbocycles. The van der Waals surface area contributed by atoms with Gasteiger partial charge in [0.15, 0.2) is 0 Å². The van der Waals surface area contributed by atoms with Crippen molar-refractivity contribution in [2.45, 2.75) is 55.4 Å². The van der Waals surface area contributed by atoms with E-state index in [0.29, 0.717) is 0 Å². The number of fused-ring (bicyclic) bond motifs is 1. The predicted octanol–water partition coefficient (Wildman–Crippen LogP) is -0.645. The van der Waals surface area contributed by atoms with E-state index in [1.807, 2.05) is 0 Å². The number of thioether (sulfide) groups is 1. The summed E-state index contributed by atoms with van der Waals surface area (Å²) in [6, 6.07) is -1.57. The molecule has 20 heavy (non-hydrogen) atoms. The van der Waals surface area contributed by atoms with E-state index >= 15 is 0 Å². The molecule has 3 atom stereocenters. The van der Waals surface area contributed by atoms with Gasteiger partial charge in [0.05, 0.1) is 5.54 Å². The molecule has 0 unspecified atom stereocenters. The number of hydrogen-bond donors (Lipinski definition) is 3. The molecule has 2 aliphatic rings. The Morgan fingerprint density at radius 3 is 2.45 bits per heavy atom. The fraction of sp³-hybridized carbons (Fsp3) is 0.750. The summed E-state index contributed by atoms with van der Waals surface area (Å²) in [5, 5.41) is 11.5. The molecule has 7 nitrogen and oxygen atoms in total. The van der Waals surface area contributed by atoms with Gasteiger partial charge in [-0.15, -0.1) is 11.8 Å². The highest BCUT2D eigenvalue weighted by Gasteiger charge is 2.64. The Bertz CT molecular complexity index is 486. The van der Waals surface area contributed by atoms with E-state index in [1.165, 1.54) is 16.7 Å². The first kappa shape index (κ1) is 15.1. The van der Waals surface area contributed by atoms with Gasteiger partial charge in [0.2, 0.25) is 11.8 Å². The normalized spacial score (nSPS) is 31.6. The Morgan fingerprint density at radius 1 is 1.45 bits per heavy atom. The molecular formula is C12H19N3O4S. The lowest BCUT2D eigenvalue weighted by atomic mass is 9.95. The van der Waals surface area contributed by atoms with Gasteiger partial charge < -0.3 is 21.1 Å². The lowest BCUT2D eigenvalue weighted by Crippen LogP contribution is -2.72. The van der Waals surface area contributed by atoms with Crippen molar-refractivity contribution in [3.05, 3.63) is 0 Å². The third kappa shape index (κ3) is 2.16. The molecule has 0 radical (unpaired) electrons. The second kappa shape index (κ2) is 4.36. The first-order chi connectivity index (χ1) is 8.97. The smallest absolute Gasteiger partial charge is 0.327 e. The van der Waals surface area contributed by atoms with Crippen molar-refractivity contribution in [1.82, 2.24) is 10.2 Å². The van der Waals surface area contributed by atoms with E-state index < -0.39 is 34.2 Å². The van der Waals surface area contributed by atoms with Crippen molar-refractivity contribution < 1.29 is 19.5 Å². The van der Waals surface area contributed by atoms with Crippen LogP contribution in [0.15, 0.2) is 0 Å². The van der Waals surface area contributed by atoms with Crippen LogP contribution in [0.3, 0.4) is 0 Å². The van der Waals surface area contributed by atoms with Crippen LogP contribution in [-0.4, -0.2) is 55.5 Å². The lowest BCUT2D eigenvalue weighted by Gasteiger charge is -2.44. The predicted molar refractivity (Wildman–Crippen MR) is 73.9 cm³/mol. The van der Waals surface area contributed by atoms with Crippen LogP contribution in [0.1, 0.15) is 27.7 Å². The minimum Gasteiger partial charge on any atom is -0.480 e. The molecule has 2 amide bonds. The molecule has 2 fully saturated rings. The van der Waals surface area contributed by atoms with Gasteiger partial charge in [0.1, 0.15) is 17.5 Å². The van der Waals surface area contributed by atoms with E-state index in [9.17, 15) is 19.5 Å². The standard InChI is InChI=1S/C12H19N3O4S/c1-11(2,13)10(19)14-5-7(16)15-6(9(17)18)12(3,4)20-8(5)15/h5-6,8H,13H2,1-4H3,(H,14,19)(H,17,18)/t5-,6+,8+/m1/s1. The number of β-lactam (4-membered cyclic amide) rings is 1. The third-order valence-electron chi connectivity index (χ3n) is 3.55. The van der Waals surface area contributed by atoms with Gasteiger partial charge in [0.25, 0.3) is 0 Å². The molecule has 8 heteroatoms. The van der Waals surface area contributed by atoms with Crippen LogP contribution in [0.25, 0.3) is 0 Å². The van der Waals surface area contributed by atoms with E-state index in [2.05, 4.69) is 5.32 Å². The zero-order valence-electron chi connectivity index (χ0n) is 11.8. The molecule has 0 spiro atoms. The minimum atomic E-state index is -1.08. The third-order valence-corrected chi connectivity index (χ3v) is 5.12. The van der Waals surface area contributed by atoms with Gasteiger partial charge in [-0.05, 0) is 27.7 Å². The van der Waals surface area contributed by atoms with Gasteiger partial charge in [0, 0.05) is 4.75 Å². The summed E-state index contributed by atoms with van der Waals surface area (Å²) in [6.45, 7) is 6.67. The highest BCUT2D eigenvalue weighted by molar-refractivity contribution is 8.01. The SMILES string of the molecule is CC(C)(N)C(=O)N[C@@H]1C(=O)N2[C@@H](C(=O)O)C(C)(C)S[C@@H]12. The summed E-state index contributed by atoms with van der Waals surface area (Å²) < 4.78 is -0.593. The van der Waals surface area contributed by atoms with E-state index in [4.69, 9.17) is 5.73 Å². The molecule has 0 aromatic rings. The molecular weight excluding hydrogens is 282 g/mol. The first-order valence-corrected chi connectivity index (χ1v) is 7.17. The number of hydrogen-bond acceptors (Lipinski definition) is 5. The Labute approximate surface area is 121 Å². The maximum Gasteiger partial charge on any atom is 0.327 e. The van der Waals surface area contributed by atoms with Gasteiger partial charge in [-0.2, -0.15) is 0 Å². The summed E-state index contributed by atoms with van der Waals surface area (Å²) in [4.78, 5) is 36.6. The summed E-state index contributed by atoms with van der Waals surface area (Å²) in [5.41, 5.74) is 4.60. The van der Waals surface area contributed by atoms with Crippen molar-refractivity contribution in [2.75, 3.05) is 0 Å². The maximum absolute atomic E-state index is 12.1. The molecule has 2 saturated heterocycles. The number of carbonyl (C=O) groups excluding carboxylic acids is 2. The maximum atomic E-state index is 12.1. The van der Waals surface area contributed by atoms with E-state index in [1.54, 1.807) is 27.7 Å². The van der Waals surface area contributed by atoms with Gasteiger partial charge in [-0.1, -0.05) is 0 Å². The van der Waals surface area contributed by atoms with Gasteiger partial charge >= 0.3 is 5.97 Å². The second-order valence-corrected chi connectivity index (χ2v) is 8.04. The zero-order chi connectivity index (χ0) is 15.5. The Kier molecular flexibility index (Phi) is 3.29. The average Bonchev–Trinajstić information content (AvgIpc) is 2.53.